The number of ether oxygens (including phenoxy) is 1. The molecule has 0 atom stereocenters. The van der Waals surface area contributed by atoms with Crippen molar-refractivity contribution in [3.8, 4) is 0 Å². The molecule has 1 aliphatic rings. The lowest BCUT2D eigenvalue weighted by Crippen LogP contribution is -2.34. The molecule has 1 N–H and O–H groups in total. The van der Waals surface area contributed by atoms with Gasteiger partial charge >= 0.3 is 12.0 Å². The molecule has 3 aromatic heterocycles. The number of amides is 2. The summed E-state index contributed by atoms with van der Waals surface area (Å²) in [5.74, 6) is -0.514. The van der Waals surface area contributed by atoms with E-state index in [0.717, 1.165) is 0 Å². The largest absolute Gasteiger partial charge is 0.465 e. The SMILES string of the molecule is COC(=O)c1sc2nccc3c2c1NC(=O)N3c1ccnc(Cl)c1. The van der Waals surface area contributed by atoms with Gasteiger partial charge < -0.3 is 10.1 Å². The molecule has 4 heterocycles. The van der Waals surface area contributed by atoms with E-state index < -0.39 is 12.0 Å². The maximum Gasteiger partial charge on any atom is 0.350 e. The van der Waals surface area contributed by atoms with Crippen LogP contribution in [0.4, 0.5) is 21.9 Å². The van der Waals surface area contributed by atoms with Crippen molar-refractivity contribution >= 4 is 62.2 Å². The first-order valence-electron chi connectivity index (χ1n) is 6.82. The lowest BCUT2D eigenvalue weighted by Gasteiger charge is -2.28. The number of hydrogen-bond donors (Lipinski definition) is 1. The fourth-order valence-corrected chi connectivity index (χ4v) is 3.81. The van der Waals surface area contributed by atoms with Crippen LogP contribution in [0, 0.1) is 0 Å². The van der Waals surface area contributed by atoms with Crippen molar-refractivity contribution in [1.29, 1.82) is 0 Å². The van der Waals surface area contributed by atoms with Crippen LogP contribution in [-0.4, -0.2) is 29.1 Å². The number of rotatable bonds is 2. The zero-order valence-corrected chi connectivity index (χ0v) is 13.8. The van der Waals surface area contributed by atoms with Crippen LogP contribution in [-0.2, 0) is 4.74 Å². The summed E-state index contributed by atoms with van der Waals surface area (Å²) in [6.07, 6.45) is 3.11. The lowest BCUT2D eigenvalue weighted by molar-refractivity contribution is 0.0607. The molecule has 2 amide bonds. The third kappa shape index (κ3) is 2.11. The van der Waals surface area contributed by atoms with Crippen molar-refractivity contribution < 1.29 is 14.3 Å². The molecule has 3 aromatic rings. The summed E-state index contributed by atoms with van der Waals surface area (Å²) in [4.78, 5) is 35.3. The van der Waals surface area contributed by atoms with E-state index in [1.165, 1.54) is 29.5 Å². The van der Waals surface area contributed by atoms with Gasteiger partial charge in [0.1, 0.15) is 14.9 Å². The topological polar surface area (TPSA) is 84.4 Å². The summed E-state index contributed by atoms with van der Waals surface area (Å²) in [5, 5.41) is 3.71. The number of halogens is 1. The van der Waals surface area contributed by atoms with E-state index in [1.54, 1.807) is 24.4 Å². The third-order valence-corrected chi connectivity index (χ3v) is 4.87. The Morgan fingerprint density at radius 1 is 1.33 bits per heavy atom. The van der Waals surface area contributed by atoms with Crippen molar-refractivity contribution in [3.63, 3.8) is 0 Å². The number of nitrogens with zero attached hydrogens (tertiary/aromatic N) is 3. The molecular weight excluding hydrogens is 352 g/mol. The molecule has 0 radical (unpaired) electrons. The van der Waals surface area contributed by atoms with Crippen molar-refractivity contribution in [2.75, 3.05) is 17.3 Å². The normalized spacial score (nSPS) is 13.1. The van der Waals surface area contributed by atoms with Gasteiger partial charge in [0.15, 0.2) is 0 Å². The van der Waals surface area contributed by atoms with Gasteiger partial charge in [-0.15, -0.1) is 11.3 Å². The Bertz CT molecular complexity index is 1000. The van der Waals surface area contributed by atoms with Crippen LogP contribution in [0.5, 0.6) is 0 Å². The van der Waals surface area contributed by atoms with Crippen molar-refractivity contribution in [3.05, 3.63) is 40.6 Å². The number of carbonyl (C=O) groups is 2. The van der Waals surface area contributed by atoms with E-state index in [9.17, 15) is 9.59 Å². The molecule has 0 unspecified atom stereocenters. The van der Waals surface area contributed by atoms with Gasteiger partial charge in [0.2, 0.25) is 0 Å². The number of nitrogens with one attached hydrogen (secondary N) is 1. The highest BCUT2D eigenvalue weighted by molar-refractivity contribution is 7.21. The Kier molecular flexibility index (Phi) is 3.36. The molecule has 24 heavy (non-hydrogen) atoms. The van der Waals surface area contributed by atoms with Crippen LogP contribution >= 0.6 is 22.9 Å². The highest BCUT2D eigenvalue weighted by atomic mass is 35.5. The van der Waals surface area contributed by atoms with Gasteiger partial charge in [0.25, 0.3) is 0 Å². The molecule has 0 spiro atoms. The first-order valence-corrected chi connectivity index (χ1v) is 8.02. The van der Waals surface area contributed by atoms with Crippen molar-refractivity contribution in [2.24, 2.45) is 0 Å². The monoisotopic (exact) mass is 360 g/mol. The summed E-state index contributed by atoms with van der Waals surface area (Å²) >= 11 is 7.11. The molecule has 0 saturated heterocycles. The zero-order valence-electron chi connectivity index (χ0n) is 12.2. The summed E-state index contributed by atoms with van der Waals surface area (Å²) in [7, 11) is 1.30. The molecule has 120 valence electrons. The van der Waals surface area contributed by atoms with E-state index in [-0.39, 0.29) is 5.15 Å². The van der Waals surface area contributed by atoms with Crippen LogP contribution in [0.2, 0.25) is 5.15 Å². The van der Waals surface area contributed by atoms with Crippen LogP contribution in [0.25, 0.3) is 10.2 Å². The first kappa shape index (κ1) is 14.9. The van der Waals surface area contributed by atoms with Crippen LogP contribution < -0.4 is 10.2 Å². The molecule has 0 fully saturated rings. The Hall–Kier alpha value is -2.71. The maximum absolute atomic E-state index is 12.7. The van der Waals surface area contributed by atoms with Crippen molar-refractivity contribution in [1.82, 2.24) is 9.97 Å². The third-order valence-electron chi connectivity index (χ3n) is 3.59. The zero-order chi connectivity index (χ0) is 16.8. The number of carbonyl (C=O) groups excluding carboxylic acids is 2. The Morgan fingerprint density at radius 2 is 2.12 bits per heavy atom. The molecule has 0 aliphatic carbocycles. The molecule has 4 rings (SSSR count). The predicted molar refractivity (Wildman–Crippen MR) is 91.4 cm³/mol. The Morgan fingerprint density at radius 3 is 2.88 bits per heavy atom. The van der Waals surface area contributed by atoms with Crippen LogP contribution in [0.3, 0.4) is 0 Å². The van der Waals surface area contributed by atoms with Crippen LogP contribution in [0.15, 0.2) is 30.6 Å². The predicted octanol–water partition coefficient (Wildman–Crippen LogP) is 3.81. The summed E-state index contributed by atoms with van der Waals surface area (Å²) < 4.78 is 4.79. The quantitative estimate of drug-likeness (QED) is 0.554. The van der Waals surface area contributed by atoms with Gasteiger partial charge in [0.05, 0.1) is 29.6 Å². The molecular formula is C15H9ClN4O3S. The minimum Gasteiger partial charge on any atom is -0.465 e. The second-order valence-corrected chi connectivity index (χ2v) is 6.30. The fraction of sp³-hybridized carbons (Fsp3) is 0.0667. The van der Waals surface area contributed by atoms with Gasteiger partial charge in [-0.25, -0.2) is 19.6 Å². The maximum atomic E-state index is 12.7. The molecule has 0 saturated carbocycles. The van der Waals surface area contributed by atoms with E-state index >= 15 is 0 Å². The Balaban J connectivity index is 1.98. The number of pyridine rings is 2. The average Bonchev–Trinajstić information content (AvgIpc) is 2.94. The summed E-state index contributed by atoms with van der Waals surface area (Å²) in [5.41, 5.74) is 1.61. The molecule has 7 nitrogen and oxygen atoms in total. The summed E-state index contributed by atoms with van der Waals surface area (Å²) in [6.45, 7) is 0. The van der Waals surface area contributed by atoms with E-state index in [0.29, 0.717) is 32.2 Å². The number of hydrogen-bond acceptors (Lipinski definition) is 6. The minimum atomic E-state index is -0.514. The molecule has 9 heteroatoms. The van der Waals surface area contributed by atoms with Crippen molar-refractivity contribution in [2.45, 2.75) is 0 Å². The first-order chi connectivity index (χ1) is 11.6. The Labute approximate surface area is 144 Å². The average molecular weight is 361 g/mol. The smallest absolute Gasteiger partial charge is 0.350 e. The number of urea groups is 1. The summed E-state index contributed by atoms with van der Waals surface area (Å²) in [6, 6.07) is 4.58. The van der Waals surface area contributed by atoms with Gasteiger partial charge in [0, 0.05) is 12.4 Å². The number of anilines is 3. The lowest BCUT2D eigenvalue weighted by atomic mass is 10.1. The number of aromatic nitrogens is 2. The van der Waals surface area contributed by atoms with E-state index in [4.69, 9.17) is 16.3 Å². The molecule has 0 bridgehead atoms. The van der Waals surface area contributed by atoms with E-state index in [2.05, 4.69) is 15.3 Å². The highest BCUT2D eigenvalue weighted by Gasteiger charge is 2.32. The standard InChI is InChI=1S/C15H9ClN4O3S/c1-23-14(21)12-11-10-8(3-5-18-13(10)24-12)20(15(22)19-11)7-2-4-17-9(16)6-7/h2-6H,1H3,(H,19,22). The van der Waals surface area contributed by atoms with Gasteiger partial charge in [-0.05, 0) is 18.2 Å². The molecule has 0 aromatic carbocycles. The second kappa shape index (κ2) is 5.43. The minimum absolute atomic E-state index is 0.275. The number of methoxy groups -OCH3 is 1. The molecule has 1 aliphatic heterocycles. The number of esters is 1. The van der Waals surface area contributed by atoms with Gasteiger partial charge in [-0.1, -0.05) is 11.6 Å². The van der Waals surface area contributed by atoms with Gasteiger partial charge in [-0.2, -0.15) is 0 Å². The highest BCUT2D eigenvalue weighted by Crippen LogP contribution is 2.45. The van der Waals surface area contributed by atoms with E-state index in [1.807, 2.05) is 0 Å². The van der Waals surface area contributed by atoms with Crippen LogP contribution in [0.1, 0.15) is 9.67 Å². The second-order valence-electron chi connectivity index (χ2n) is 4.91. The van der Waals surface area contributed by atoms with Gasteiger partial charge in [-0.3, -0.25) is 4.90 Å². The fourth-order valence-electron chi connectivity index (χ4n) is 2.61. The number of thiophene rings is 1.